The van der Waals surface area contributed by atoms with E-state index in [4.69, 9.17) is 21.4 Å². The minimum absolute atomic E-state index is 0.117. The summed E-state index contributed by atoms with van der Waals surface area (Å²) in [5, 5.41) is 9.70. The lowest BCUT2D eigenvalue weighted by Crippen LogP contribution is -2.38. The summed E-state index contributed by atoms with van der Waals surface area (Å²) in [6.07, 6.45) is -0.131. The Bertz CT molecular complexity index is 819. The number of ether oxygens (including phenoxy) is 1. The molecule has 0 radical (unpaired) electrons. The minimum atomic E-state index is -0.933. The van der Waals surface area contributed by atoms with E-state index < -0.39 is 5.97 Å². The van der Waals surface area contributed by atoms with Crippen molar-refractivity contribution in [3.63, 3.8) is 0 Å². The molecule has 1 amide bonds. The molecular formula is C20H20ClNO4S. The van der Waals surface area contributed by atoms with Gasteiger partial charge in [0.1, 0.15) is 12.4 Å². The van der Waals surface area contributed by atoms with Gasteiger partial charge in [-0.05, 0) is 35.4 Å². The Balaban J connectivity index is 1.83. The summed E-state index contributed by atoms with van der Waals surface area (Å²) in [6.45, 7) is 1.66. The lowest BCUT2D eigenvalue weighted by molar-refractivity contribution is -0.136. The number of rotatable bonds is 6. The van der Waals surface area contributed by atoms with Crippen molar-refractivity contribution in [2.75, 3.05) is 24.6 Å². The highest BCUT2D eigenvalue weighted by molar-refractivity contribution is 7.99. The zero-order chi connectivity index (χ0) is 19.2. The topological polar surface area (TPSA) is 66.8 Å². The fraction of sp³-hybridized carbons (Fsp3) is 0.300. The summed E-state index contributed by atoms with van der Waals surface area (Å²) in [5.74, 6) is 1.22. The van der Waals surface area contributed by atoms with Crippen LogP contribution in [0.3, 0.4) is 0 Å². The normalized spacial score (nSPS) is 14.0. The highest BCUT2D eigenvalue weighted by Gasteiger charge is 2.22. The molecule has 1 saturated heterocycles. The largest absolute Gasteiger partial charge is 0.488 e. The molecule has 2 aromatic rings. The standard InChI is InChI=1S/C20H20ClNO4S/c21-16-4-1-14(2-5-16)13-26-18-6-3-15(12-19(23)24)11-17(18)20(25)22-7-9-27-10-8-22/h1-6,11H,7-10,12-13H2,(H,23,24). The molecule has 0 atom stereocenters. The smallest absolute Gasteiger partial charge is 0.307 e. The second-order valence-electron chi connectivity index (χ2n) is 6.22. The van der Waals surface area contributed by atoms with Gasteiger partial charge in [-0.1, -0.05) is 29.8 Å². The number of aliphatic carboxylic acids is 1. The maximum absolute atomic E-state index is 13.0. The van der Waals surface area contributed by atoms with Crippen LogP contribution in [0.25, 0.3) is 0 Å². The molecular weight excluding hydrogens is 386 g/mol. The lowest BCUT2D eigenvalue weighted by Gasteiger charge is -2.27. The van der Waals surface area contributed by atoms with Gasteiger partial charge in [-0.15, -0.1) is 0 Å². The molecule has 2 aromatic carbocycles. The molecule has 1 heterocycles. The van der Waals surface area contributed by atoms with Crippen LogP contribution in [0.4, 0.5) is 0 Å². The average molecular weight is 406 g/mol. The van der Waals surface area contributed by atoms with Gasteiger partial charge < -0.3 is 14.7 Å². The number of hydrogen-bond donors (Lipinski definition) is 1. The van der Waals surface area contributed by atoms with Gasteiger partial charge in [0.25, 0.3) is 5.91 Å². The molecule has 5 nitrogen and oxygen atoms in total. The quantitative estimate of drug-likeness (QED) is 0.793. The number of nitrogens with zero attached hydrogens (tertiary/aromatic N) is 1. The Kier molecular flexibility index (Phi) is 6.63. The van der Waals surface area contributed by atoms with Crippen molar-refractivity contribution in [1.29, 1.82) is 0 Å². The first kappa shape index (κ1) is 19.6. The highest BCUT2D eigenvalue weighted by atomic mass is 35.5. The second kappa shape index (κ2) is 9.15. The van der Waals surface area contributed by atoms with Crippen molar-refractivity contribution in [3.8, 4) is 5.75 Å². The molecule has 7 heteroatoms. The van der Waals surface area contributed by atoms with Gasteiger partial charge in [-0.2, -0.15) is 11.8 Å². The summed E-state index contributed by atoms with van der Waals surface area (Å²) in [7, 11) is 0. The number of carbonyl (C=O) groups excluding carboxylic acids is 1. The first-order valence-corrected chi connectivity index (χ1v) is 10.1. The van der Waals surface area contributed by atoms with E-state index >= 15 is 0 Å². The summed E-state index contributed by atoms with van der Waals surface area (Å²) >= 11 is 7.72. The fourth-order valence-corrected chi connectivity index (χ4v) is 3.86. The van der Waals surface area contributed by atoms with E-state index in [0.29, 0.717) is 41.6 Å². The number of thioether (sulfide) groups is 1. The van der Waals surface area contributed by atoms with Gasteiger partial charge >= 0.3 is 5.97 Å². The van der Waals surface area contributed by atoms with Gasteiger partial charge in [-0.3, -0.25) is 9.59 Å². The van der Waals surface area contributed by atoms with Crippen LogP contribution in [0, 0.1) is 0 Å². The van der Waals surface area contributed by atoms with Crippen LogP contribution >= 0.6 is 23.4 Å². The molecule has 0 aromatic heterocycles. The third-order valence-corrected chi connectivity index (χ3v) is 5.43. The first-order chi connectivity index (χ1) is 13.0. The monoisotopic (exact) mass is 405 g/mol. The summed E-state index contributed by atoms with van der Waals surface area (Å²) in [5.41, 5.74) is 1.92. The molecule has 0 bridgehead atoms. The number of hydrogen-bond acceptors (Lipinski definition) is 4. The van der Waals surface area contributed by atoms with E-state index in [0.717, 1.165) is 17.1 Å². The van der Waals surface area contributed by atoms with Gasteiger partial charge in [0.05, 0.1) is 12.0 Å². The van der Waals surface area contributed by atoms with Crippen molar-refractivity contribution < 1.29 is 19.4 Å². The van der Waals surface area contributed by atoms with Crippen LogP contribution in [-0.2, 0) is 17.8 Å². The van der Waals surface area contributed by atoms with E-state index in [2.05, 4.69) is 0 Å². The maximum atomic E-state index is 13.0. The van der Waals surface area contributed by atoms with Crippen molar-refractivity contribution in [2.45, 2.75) is 13.0 Å². The average Bonchev–Trinajstić information content (AvgIpc) is 2.68. The summed E-state index contributed by atoms with van der Waals surface area (Å²) < 4.78 is 5.89. The Labute approximate surface area is 167 Å². The molecule has 3 rings (SSSR count). The zero-order valence-electron chi connectivity index (χ0n) is 14.7. The molecule has 0 aliphatic carbocycles. The van der Waals surface area contributed by atoms with Crippen LogP contribution in [0.5, 0.6) is 5.75 Å². The van der Waals surface area contributed by atoms with Gasteiger partial charge in [-0.25, -0.2) is 0 Å². The lowest BCUT2D eigenvalue weighted by atomic mass is 10.1. The van der Waals surface area contributed by atoms with E-state index in [9.17, 15) is 9.59 Å². The number of carboxylic acids is 1. The van der Waals surface area contributed by atoms with Crippen molar-refractivity contribution in [3.05, 3.63) is 64.2 Å². The number of benzene rings is 2. The second-order valence-corrected chi connectivity index (χ2v) is 7.88. The predicted molar refractivity (Wildman–Crippen MR) is 107 cm³/mol. The van der Waals surface area contributed by atoms with Gasteiger partial charge in [0.2, 0.25) is 0 Å². The van der Waals surface area contributed by atoms with Crippen LogP contribution in [0.2, 0.25) is 5.02 Å². The summed E-state index contributed by atoms with van der Waals surface area (Å²) in [6, 6.07) is 12.3. The molecule has 1 N–H and O–H groups in total. The fourth-order valence-electron chi connectivity index (χ4n) is 2.83. The molecule has 1 aliphatic heterocycles. The number of carbonyl (C=O) groups is 2. The molecule has 0 saturated carbocycles. The van der Waals surface area contributed by atoms with Crippen molar-refractivity contribution in [1.82, 2.24) is 4.90 Å². The van der Waals surface area contributed by atoms with Crippen molar-refractivity contribution in [2.24, 2.45) is 0 Å². The summed E-state index contributed by atoms with van der Waals surface area (Å²) in [4.78, 5) is 25.8. The van der Waals surface area contributed by atoms with E-state index in [-0.39, 0.29) is 12.3 Å². The Morgan fingerprint density at radius 1 is 1.07 bits per heavy atom. The zero-order valence-corrected chi connectivity index (χ0v) is 16.3. The molecule has 1 aliphatic rings. The Morgan fingerprint density at radius 2 is 1.74 bits per heavy atom. The van der Waals surface area contributed by atoms with Crippen LogP contribution < -0.4 is 4.74 Å². The number of carboxylic acid groups (broad SMARTS) is 1. The molecule has 1 fully saturated rings. The van der Waals surface area contributed by atoms with Crippen LogP contribution in [0.15, 0.2) is 42.5 Å². The van der Waals surface area contributed by atoms with Crippen molar-refractivity contribution >= 4 is 35.2 Å². The number of halogens is 1. The van der Waals surface area contributed by atoms with E-state index in [1.54, 1.807) is 35.2 Å². The SMILES string of the molecule is O=C(O)Cc1ccc(OCc2ccc(Cl)cc2)c(C(=O)N2CCSCC2)c1. The first-order valence-electron chi connectivity index (χ1n) is 8.62. The molecule has 0 unspecified atom stereocenters. The third kappa shape index (κ3) is 5.40. The highest BCUT2D eigenvalue weighted by Crippen LogP contribution is 2.25. The van der Waals surface area contributed by atoms with Crippen LogP contribution in [0.1, 0.15) is 21.5 Å². The minimum Gasteiger partial charge on any atom is -0.488 e. The maximum Gasteiger partial charge on any atom is 0.307 e. The third-order valence-electron chi connectivity index (χ3n) is 4.24. The molecule has 142 valence electrons. The van der Waals surface area contributed by atoms with Gasteiger partial charge in [0.15, 0.2) is 0 Å². The van der Waals surface area contributed by atoms with E-state index in [1.807, 2.05) is 23.9 Å². The van der Waals surface area contributed by atoms with Gasteiger partial charge in [0, 0.05) is 29.6 Å². The molecule has 27 heavy (non-hydrogen) atoms. The molecule has 0 spiro atoms. The van der Waals surface area contributed by atoms with E-state index in [1.165, 1.54) is 0 Å². The number of amides is 1. The Hall–Kier alpha value is -2.18. The predicted octanol–water partition coefficient (Wildman–Crippen LogP) is 3.74. The Morgan fingerprint density at radius 3 is 2.41 bits per heavy atom. The van der Waals surface area contributed by atoms with Crippen LogP contribution in [-0.4, -0.2) is 46.5 Å².